The van der Waals surface area contributed by atoms with Crippen LogP contribution in [0.1, 0.15) is 129 Å². The van der Waals surface area contributed by atoms with Crippen molar-refractivity contribution in [1.82, 2.24) is 64.2 Å². The van der Waals surface area contributed by atoms with E-state index >= 15 is 0 Å². The van der Waals surface area contributed by atoms with E-state index in [0.717, 1.165) is 140 Å². The third-order valence-corrected chi connectivity index (χ3v) is 24.9. The van der Waals surface area contributed by atoms with E-state index in [1.54, 1.807) is 72.6 Å². The largest absolute Gasteiger partial charge is 0.652 e. The van der Waals surface area contributed by atoms with Crippen molar-refractivity contribution in [3.63, 3.8) is 0 Å². The van der Waals surface area contributed by atoms with Gasteiger partial charge in [-0.15, -0.1) is 0 Å². The topological polar surface area (TPSA) is 614 Å². The number of aromatic nitrogens is 6. The van der Waals surface area contributed by atoms with Gasteiger partial charge in [-0.2, -0.15) is 0 Å². The van der Waals surface area contributed by atoms with Gasteiger partial charge in [0.1, 0.15) is 0 Å². The van der Waals surface area contributed by atoms with Crippen LogP contribution in [0, 0.1) is 77.3 Å². The van der Waals surface area contributed by atoms with E-state index in [0.29, 0.717) is 138 Å². The second kappa shape index (κ2) is 51.6. The van der Waals surface area contributed by atoms with Gasteiger partial charge in [-0.05, 0) is 176 Å². The van der Waals surface area contributed by atoms with Gasteiger partial charge in [0.25, 0.3) is 52.5 Å². The van der Waals surface area contributed by atoms with Crippen LogP contribution in [0.4, 0.5) is 79.5 Å². The SMILES string of the molecule is Cc1ccc(C(=O)N2CCN(C)CC2)cc1.Cc1ccc(N)cc1N1CCc2nc(Nc3ccc(C(=O)N4CCN(C)CC4)cc3)ncc2C1=O.Cc1ccc([N+](=O)[O-])cc1N1CCC(=O)/C(=C\N(C)C)C1.Cc1ccc([N+](=O)[O-])cc1N1CCc2nc(N)ncc2C1=O.Cc1ccc([N+](=O)[O-])cc1N1CCc2nc(Nc3ccc(C(=O)N4CCN(C)CC4)cc3)ncc2C1=O.Cc1cccc(C(=O)O)c1.N=C(N)N.O=C([O-])[O-]. The number of aryl methyl sites for hydroxylation is 6. The van der Waals surface area contributed by atoms with Crippen molar-refractivity contribution in [2.45, 2.75) is 67.2 Å². The molecule has 45 nitrogen and oxygen atoms in total. The number of hydrogen-bond donors (Lipinski definition) is 8. The summed E-state index contributed by atoms with van der Waals surface area (Å²) in [5.41, 5.74) is 37.2. The molecule has 780 valence electrons. The molecule has 3 aromatic heterocycles. The molecule has 0 saturated carbocycles. The van der Waals surface area contributed by atoms with Crippen molar-refractivity contribution in [3.05, 3.63) is 320 Å². The number of carbonyl (C=O) groups excluding carboxylic acids is 8. The summed E-state index contributed by atoms with van der Waals surface area (Å²) in [6.45, 7) is 23.8. The number of nitrogens with one attached hydrogen (secondary N) is 3. The van der Waals surface area contributed by atoms with E-state index in [4.69, 9.17) is 37.0 Å². The number of piperazine rings is 3. The van der Waals surface area contributed by atoms with Crippen LogP contribution >= 0.6 is 0 Å². The van der Waals surface area contributed by atoms with Gasteiger partial charge < -0.3 is 108 Å². The maximum atomic E-state index is 13.2. The number of benzene rings is 8. The van der Waals surface area contributed by atoms with E-state index in [1.165, 1.54) is 58.1 Å². The maximum absolute atomic E-state index is 13.2. The molecule has 8 aromatic carbocycles. The molecule has 0 aliphatic carbocycles. The average Bonchev–Trinajstić information content (AvgIpc) is 0.782. The number of ketones is 1. The van der Waals surface area contributed by atoms with Gasteiger partial charge in [0.2, 0.25) is 17.8 Å². The number of carboxylic acid groups (broad SMARTS) is 3. The van der Waals surface area contributed by atoms with Gasteiger partial charge >= 0.3 is 5.97 Å². The fourth-order valence-electron chi connectivity index (χ4n) is 16.7. The van der Waals surface area contributed by atoms with E-state index in [2.05, 4.69) is 87.8 Å². The number of nitro groups is 3. The molecule has 45 heteroatoms. The molecule has 7 aliphatic heterocycles. The number of aromatic carboxylic acids is 1. The number of Topliss-reactive ketones (excluding diaryl/α,β-unsaturated/α-hetero) is 1. The Bertz CT molecular complexity index is 6790. The quantitative estimate of drug-likeness (QED) is 0.0112. The number of amides is 6. The number of hydrogen-bond acceptors (Lipinski definition) is 33. The molecule has 0 atom stereocenters. The third kappa shape index (κ3) is 30.9. The number of nitro benzene ring substituents is 3. The molecule has 7 aliphatic rings. The number of carbonyl (C=O) groups is 9. The summed E-state index contributed by atoms with van der Waals surface area (Å²) in [6.07, 6.45) is 6.00. The standard InChI is InChI=1S/C26H27N7O4.C26H29N7O2.C15H19N3O3.C14H13N5O3.C13H18N2O.C8H8O2.CH5N3.CH2O3/c1-17-3-8-20(33(36)37)15-23(17)32-10-9-22-21(25(32)35)16-27-26(29-22)28-19-6-4-18(5-7-19)24(34)31-13-11-30(2)12-14-31;1-17-3-6-19(27)15-23(17)33-10-9-22-21(25(33)35)16-28-26(30-22)29-20-7-4-18(5-8-20)24(34)32-13-11-31(2)12-14-32;1-11-4-5-13(18(20)21)8-14(11)17-7-6-15(19)12(10-17)9-16(2)3;1-8-2-3-9(19(21)22)6-12(8)18-5-4-11-10(13(18)20)7-16-14(15)17-11;1-11-3-5-12(6-4-11)13(16)15-9-7-14(2)8-10-15;1-6-3-2-4-7(5-6)8(9)10;2*2-1(3)4/h3-8,15-16H,9-14H2,1-2H3,(H,27,28,29);3-8,15-16H,9-14,27H2,1-2H3,(H,28,29,30);4-5,8-9H,6-7,10H2,1-3H3;2-3,6-7H,4-5H2,1H3,(H2,15,16,17);3-6H,7-10H2,1-2H3;2-5H,1H3,(H,9,10);(H5,2,3,4);(H2,2,3,4)/p-2/b;;12-9-;;;;;. The Balaban J connectivity index is 0.000000174. The molecule has 0 bridgehead atoms. The van der Waals surface area contributed by atoms with Crippen molar-refractivity contribution in [1.29, 1.82) is 5.41 Å². The second-order valence-corrected chi connectivity index (χ2v) is 36.2. The van der Waals surface area contributed by atoms with E-state index < -0.39 is 26.9 Å². The molecule has 6 amide bonds. The van der Waals surface area contributed by atoms with Gasteiger partial charge in [0, 0.05) is 263 Å². The number of guanidine groups is 1. The molecule has 4 saturated heterocycles. The highest BCUT2D eigenvalue weighted by Gasteiger charge is 2.35. The summed E-state index contributed by atoms with van der Waals surface area (Å²) >= 11 is 0. The molecular formula is C104H119N27O18-2. The first-order valence-corrected chi connectivity index (χ1v) is 47.4. The maximum Gasteiger partial charge on any atom is 0.335 e. The normalized spacial score (nSPS) is 15.1. The van der Waals surface area contributed by atoms with Crippen LogP contribution in [0.3, 0.4) is 0 Å². The Labute approximate surface area is 859 Å². The van der Waals surface area contributed by atoms with Crippen molar-refractivity contribution >= 4 is 134 Å². The Morgan fingerprint density at radius 1 is 0.423 bits per heavy atom. The van der Waals surface area contributed by atoms with Crippen molar-refractivity contribution in [2.24, 2.45) is 11.5 Å². The fraction of sp³-hybridized carbons (Fsp3) is 0.308. The molecule has 149 heavy (non-hydrogen) atoms. The molecule has 0 spiro atoms. The lowest BCUT2D eigenvalue weighted by atomic mass is 10.0. The van der Waals surface area contributed by atoms with Crippen molar-refractivity contribution < 1.29 is 73.2 Å². The summed E-state index contributed by atoms with van der Waals surface area (Å²) in [5, 5.41) is 70.6. The van der Waals surface area contributed by atoms with Gasteiger partial charge in [-0.3, -0.25) is 69.3 Å². The lowest BCUT2D eigenvalue weighted by molar-refractivity contribution is -0.415. The Morgan fingerprint density at radius 3 is 1.12 bits per heavy atom. The number of nitrogens with zero attached hydrogens (tertiary/aromatic N) is 20. The predicted molar refractivity (Wildman–Crippen MR) is 560 cm³/mol. The lowest BCUT2D eigenvalue weighted by Gasteiger charge is -2.32. The van der Waals surface area contributed by atoms with Gasteiger partial charge in [0.05, 0.1) is 65.5 Å². The monoisotopic (exact) mass is 2030 g/mol. The number of carboxylic acids is 1. The average molecular weight is 2040 g/mol. The summed E-state index contributed by atoms with van der Waals surface area (Å²) in [5.74, 6) is -0.620. The van der Waals surface area contributed by atoms with E-state index in [-0.39, 0.29) is 70.2 Å². The molecule has 0 unspecified atom stereocenters. The van der Waals surface area contributed by atoms with Gasteiger partial charge in [0.15, 0.2) is 11.7 Å². The van der Waals surface area contributed by atoms with Crippen LogP contribution in [0.15, 0.2) is 200 Å². The van der Waals surface area contributed by atoms with E-state index in [9.17, 15) is 68.7 Å². The Morgan fingerprint density at radius 2 is 0.765 bits per heavy atom. The number of rotatable bonds is 16. The number of likely N-dealkylation sites (N-methyl/N-ethyl adjacent to an activating group) is 3. The smallest absolute Gasteiger partial charge is 0.335 e. The first-order chi connectivity index (χ1) is 70.9. The number of non-ortho nitro benzene ring substituents is 3. The van der Waals surface area contributed by atoms with Crippen molar-refractivity contribution in [3.8, 4) is 0 Å². The van der Waals surface area contributed by atoms with Crippen LogP contribution in [0.2, 0.25) is 0 Å². The van der Waals surface area contributed by atoms with Gasteiger partial charge in [-0.25, -0.2) is 34.7 Å². The summed E-state index contributed by atoms with van der Waals surface area (Å²) in [7, 11) is 9.95. The minimum atomic E-state index is -2.33. The zero-order chi connectivity index (χ0) is 108. The zero-order valence-electron chi connectivity index (χ0n) is 84.5. The minimum absolute atomic E-state index is 0.0201. The summed E-state index contributed by atoms with van der Waals surface area (Å²) in [4.78, 5) is 186. The van der Waals surface area contributed by atoms with Crippen LogP contribution in [-0.4, -0.2) is 290 Å². The number of piperidine rings is 1. The molecule has 0 radical (unpaired) electrons. The van der Waals surface area contributed by atoms with Crippen LogP contribution < -0.4 is 63.4 Å². The Hall–Kier alpha value is -17.9. The number of nitrogen functional groups attached to an aromatic ring is 2. The predicted octanol–water partition coefficient (Wildman–Crippen LogP) is 8.80. The highest BCUT2D eigenvalue weighted by atomic mass is 16.6. The number of fused-ring (bicyclic) bond motifs is 3. The highest BCUT2D eigenvalue weighted by Crippen LogP contribution is 2.36. The minimum Gasteiger partial charge on any atom is -0.652 e. The first kappa shape index (κ1) is 111. The molecule has 18 rings (SSSR count). The molecule has 11 aromatic rings. The molecular weight excluding hydrogens is 1920 g/mol. The number of anilines is 10. The Kier molecular flexibility index (Phi) is 38.6. The van der Waals surface area contributed by atoms with Crippen LogP contribution in [0.25, 0.3) is 0 Å². The van der Waals surface area contributed by atoms with Gasteiger partial charge in [-0.1, -0.05) is 59.7 Å². The lowest BCUT2D eigenvalue weighted by Crippen LogP contribution is -2.47. The molecule has 4 fully saturated rings. The van der Waals surface area contributed by atoms with Crippen molar-refractivity contribution in [2.75, 3.05) is 188 Å². The summed E-state index contributed by atoms with van der Waals surface area (Å²) < 4.78 is 0. The fourth-order valence-corrected chi connectivity index (χ4v) is 16.7. The third-order valence-electron chi connectivity index (χ3n) is 24.9. The molecule has 12 N–H and O–H groups in total. The van der Waals surface area contributed by atoms with Crippen LogP contribution in [-0.2, 0) is 24.1 Å². The number of nitrogens with two attached hydrogens (primary N) is 4. The second-order valence-electron chi connectivity index (χ2n) is 36.2. The molecule has 10 heterocycles. The van der Waals surface area contributed by atoms with E-state index in [1.807, 2.05) is 164 Å². The first-order valence-electron chi connectivity index (χ1n) is 47.4. The summed E-state index contributed by atoms with van der Waals surface area (Å²) in [6, 6.07) is 48.5. The van der Waals surface area contributed by atoms with Crippen LogP contribution in [0.5, 0.6) is 0 Å². The zero-order valence-corrected chi connectivity index (χ0v) is 84.5. The highest BCUT2D eigenvalue weighted by molar-refractivity contribution is 6.10.